The van der Waals surface area contributed by atoms with Crippen LogP contribution in [0.15, 0.2) is 48.5 Å². The molecule has 0 aliphatic carbocycles. The molecule has 3 aromatic rings. The molecule has 0 unspecified atom stereocenters. The van der Waals surface area contributed by atoms with E-state index in [0.29, 0.717) is 17.9 Å². The first-order valence-corrected chi connectivity index (χ1v) is 7.58. The van der Waals surface area contributed by atoms with Crippen LogP contribution in [0.1, 0.15) is 17.3 Å². The van der Waals surface area contributed by atoms with Gasteiger partial charge in [-0.25, -0.2) is 4.39 Å². The fourth-order valence-corrected chi connectivity index (χ4v) is 2.42. The molecule has 128 valence electrons. The van der Waals surface area contributed by atoms with Gasteiger partial charge in [0.15, 0.2) is 5.82 Å². The Morgan fingerprint density at radius 1 is 1.28 bits per heavy atom. The van der Waals surface area contributed by atoms with Crippen molar-refractivity contribution in [1.82, 2.24) is 20.6 Å². The molecule has 0 radical (unpaired) electrons. The van der Waals surface area contributed by atoms with Gasteiger partial charge in [0, 0.05) is 5.69 Å². The number of carbonyl (C=O) groups is 1. The van der Waals surface area contributed by atoms with Crippen molar-refractivity contribution < 1.29 is 13.9 Å². The molecule has 1 amide bonds. The number of halogens is 1. The highest BCUT2D eigenvalue weighted by atomic mass is 19.1. The van der Waals surface area contributed by atoms with E-state index < -0.39 is 5.92 Å². The molecule has 0 aliphatic heterocycles. The third kappa shape index (κ3) is 4.17. The topological polar surface area (TPSA) is 92.8 Å². The minimum Gasteiger partial charge on any atom is -0.497 e. The van der Waals surface area contributed by atoms with Gasteiger partial charge in [-0.2, -0.15) is 5.21 Å². The number of methoxy groups -OCH3 is 1. The van der Waals surface area contributed by atoms with Crippen LogP contribution in [0, 0.1) is 5.82 Å². The summed E-state index contributed by atoms with van der Waals surface area (Å²) in [6.07, 6.45) is 0.365. The number of anilines is 1. The molecule has 1 atom stereocenters. The van der Waals surface area contributed by atoms with Crippen LogP contribution in [0.4, 0.5) is 10.1 Å². The van der Waals surface area contributed by atoms with Crippen LogP contribution in [0.25, 0.3) is 0 Å². The van der Waals surface area contributed by atoms with Crippen LogP contribution in [-0.4, -0.2) is 33.6 Å². The fraction of sp³-hybridized carbons (Fsp3) is 0.176. The van der Waals surface area contributed by atoms with Crippen molar-refractivity contribution in [3.05, 3.63) is 65.7 Å². The summed E-state index contributed by atoms with van der Waals surface area (Å²) < 4.78 is 18.2. The molecule has 7 nitrogen and oxygen atoms in total. The lowest BCUT2D eigenvalue weighted by molar-refractivity contribution is -0.117. The fourth-order valence-electron chi connectivity index (χ4n) is 2.42. The quantitative estimate of drug-likeness (QED) is 0.718. The van der Waals surface area contributed by atoms with Gasteiger partial charge in [0.1, 0.15) is 17.5 Å². The summed E-state index contributed by atoms with van der Waals surface area (Å²) in [7, 11) is 1.58. The Balaban J connectivity index is 1.81. The number of carbonyl (C=O) groups excluding carboxylic acids is 1. The van der Waals surface area contributed by atoms with Crippen molar-refractivity contribution in [2.45, 2.75) is 12.3 Å². The molecule has 2 N–H and O–H groups in total. The largest absolute Gasteiger partial charge is 0.497 e. The molecule has 0 fully saturated rings. The molecular formula is C17H16FN5O2. The SMILES string of the molecule is COc1cccc(C[C@H](C(=O)Nc2ccc(F)cc2)c2nn[nH]n2)c1. The van der Waals surface area contributed by atoms with E-state index in [9.17, 15) is 9.18 Å². The number of amides is 1. The summed E-state index contributed by atoms with van der Waals surface area (Å²) in [6, 6.07) is 12.9. The number of ether oxygens (including phenoxy) is 1. The van der Waals surface area contributed by atoms with Crippen LogP contribution >= 0.6 is 0 Å². The lowest BCUT2D eigenvalue weighted by Crippen LogP contribution is -2.24. The molecule has 0 saturated heterocycles. The van der Waals surface area contributed by atoms with Gasteiger partial charge in [0.05, 0.1) is 7.11 Å². The van der Waals surface area contributed by atoms with E-state index in [-0.39, 0.29) is 17.5 Å². The normalized spacial score (nSPS) is 11.8. The Bertz CT molecular complexity index is 837. The lowest BCUT2D eigenvalue weighted by atomic mass is 9.97. The Morgan fingerprint density at radius 3 is 2.76 bits per heavy atom. The third-order valence-electron chi connectivity index (χ3n) is 3.68. The van der Waals surface area contributed by atoms with Crippen molar-refractivity contribution in [3.8, 4) is 5.75 Å². The first-order valence-electron chi connectivity index (χ1n) is 7.58. The average molecular weight is 341 g/mol. The predicted octanol–water partition coefficient (Wildman–Crippen LogP) is 2.31. The maximum Gasteiger partial charge on any atom is 0.235 e. The second kappa shape index (κ2) is 7.52. The van der Waals surface area contributed by atoms with Crippen LogP contribution in [-0.2, 0) is 11.2 Å². The number of H-pyrrole nitrogens is 1. The van der Waals surface area contributed by atoms with Gasteiger partial charge in [-0.3, -0.25) is 4.79 Å². The van der Waals surface area contributed by atoms with Crippen LogP contribution in [0.2, 0.25) is 0 Å². The zero-order valence-corrected chi connectivity index (χ0v) is 13.4. The molecule has 0 saturated carbocycles. The first kappa shape index (κ1) is 16.6. The number of nitrogens with one attached hydrogen (secondary N) is 2. The Morgan fingerprint density at radius 2 is 2.08 bits per heavy atom. The molecule has 0 bridgehead atoms. The van der Waals surface area contributed by atoms with Crippen molar-refractivity contribution in [2.24, 2.45) is 0 Å². The summed E-state index contributed by atoms with van der Waals surface area (Å²) in [5.41, 5.74) is 1.38. The van der Waals surface area contributed by atoms with Crippen LogP contribution in [0.5, 0.6) is 5.75 Å². The maximum absolute atomic E-state index is 13.0. The van der Waals surface area contributed by atoms with Gasteiger partial charge in [-0.15, -0.1) is 10.2 Å². The number of rotatable bonds is 6. The molecule has 2 aromatic carbocycles. The van der Waals surface area contributed by atoms with Crippen LogP contribution in [0.3, 0.4) is 0 Å². The molecule has 0 aliphatic rings. The first-order chi connectivity index (χ1) is 12.2. The van der Waals surface area contributed by atoms with E-state index in [2.05, 4.69) is 25.9 Å². The van der Waals surface area contributed by atoms with Crippen molar-refractivity contribution in [3.63, 3.8) is 0 Å². The summed E-state index contributed by atoms with van der Waals surface area (Å²) in [5, 5.41) is 16.5. The summed E-state index contributed by atoms with van der Waals surface area (Å²) in [6.45, 7) is 0. The molecule has 1 heterocycles. The highest BCUT2D eigenvalue weighted by Gasteiger charge is 2.25. The van der Waals surface area contributed by atoms with Gasteiger partial charge in [-0.1, -0.05) is 17.3 Å². The smallest absolute Gasteiger partial charge is 0.235 e. The van der Waals surface area contributed by atoms with Gasteiger partial charge >= 0.3 is 0 Å². The molecule has 8 heteroatoms. The van der Waals surface area contributed by atoms with Crippen LogP contribution < -0.4 is 10.1 Å². The highest BCUT2D eigenvalue weighted by molar-refractivity contribution is 5.95. The number of hydrogen-bond donors (Lipinski definition) is 2. The minimum absolute atomic E-state index is 0.280. The minimum atomic E-state index is -0.657. The van der Waals surface area contributed by atoms with E-state index >= 15 is 0 Å². The summed E-state index contributed by atoms with van der Waals surface area (Å²) >= 11 is 0. The van der Waals surface area contributed by atoms with E-state index in [1.165, 1.54) is 24.3 Å². The van der Waals surface area contributed by atoms with E-state index in [0.717, 1.165) is 5.56 Å². The average Bonchev–Trinajstić information content (AvgIpc) is 3.16. The van der Waals surface area contributed by atoms with E-state index in [4.69, 9.17) is 4.74 Å². The number of tetrazole rings is 1. The van der Waals surface area contributed by atoms with Gasteiger partial charge in [0.2, 0.25) is 5.91 Å². The molecule has 0 spiro atoms. The van der Waals surface area contributed by atoms with E-state index in [1.807, 2.05) is 24.3 Å². The number of nitrogens with zero attached hydrogens (tertiary/aromatic N) is 3. The molecule has 1 aromatic heterocycles. The summed E-state index contributed by atoms with van der Waals surface area (Å²) in [5.74, 6) is -0.360. The highest BCUT2D eigenvalue weighted by Crippen LogP contribution is 2.22. The van der Waals surface area contributed by atoms with Gasteiger partial charge in [-0.05, 0) is 48.4 Å². The van der Waals surface area contributed by atoms with Gasteiger partial charge < -0.3 is 10.1 Å². The number of hydrogen-bond acceptors (Lipinski definition) is 5. The maximum atomic E-state index is 13.0. The Kier molecular flexibility index (Phi) is 4.98. The zero-order chi connectivity index (χ0) is 17.6. The number of aromatic amines is 1. The van der Waals surface area contributed by atoms with E-state index in [1.54, 1.807) is 7.11 Å². The Hall–Kier alpha value is -3.29. The third-order valence-corrected chi connectivity index (χ3v) is 3.68. The predicted molar refractivity (Wildman–Crippen MR) is 88.6 cm³/mol. The number of benzene rings is 2. The number of aromatic nitrogens is 4. The standard InChI is InChI=1S/C17H16FN5O2/c1-25-14-4-2-3-11(9-14)10-15(16-20-22-23-21-16)17(24)19-13-7-5-12(18)6-8-13/h2-9,15H,10H2,1H3,(H,19,24)(H,20,21,22,23)/t15-/m0/s1. The molecular weight excluding hydrogens is 325 g/mol. The monoisotopic (exact) mass is 341 g/mol. The Labute approximate surface area is 143 Å². The summed E-state index contributed by atoms with van der Waals surface area (Å²) in [4.78, 5) is 12.7. The lowest BCUT2D eigenvalue weighted by Gasteiger charge is -2.14. The second-order valence-corrected chi connectivity index (χ2v) is 5.37. The zero-order valence-electron chi connectivity index (χ0n) is 13.4. The molecule has 3 rings (SSSR count). The van der Waals surface area contributed by atoms with Crippen molar-refractivity contribution in [2.75, 3.05) is 12.4 Å². The van der Waals surface area contributed by atoms with Crippen molar-refractivity contribution >= 4 is 11.6 Å². The van der Waals surface area contributed by atoms with Gasteiger partial charge in [0.25, 0.3) is 0 Å². The second-order valence-electron chi connectivity index (χ2n) is 5.37. The molecule has 25 heavy (non-hydrogen) atoms. The van der Waals surface area contributed by atoms with Crippen molar-refractivity contribution in [1.29, 1.82) is 0 Å².